The highest BCUT2D eigenvalue weighted by Crippen LogP contribution is 2.36. The van der Waals surface area contributed by atoms with E-state index in [1.165, 1.54) is 17.0 Å². The number of nitro groups is 1. The topological polar surface area (TPSA) is 178 Å². The van der Waals surface area contributed by atoms with Crippen LogP contribution in [-0.2, 0) is 14.6 Å². The number of halogens is 3. The number of piperidine rings is 1. The van der Waals surface area contributed by atoms with Crippen LogP contribution in [0.1, 0.15) is 36.0 Å². The summed E-state index contributed by atoms with van der Waals surface area (Å²) in [5.41, 5.74) is -0.274. The molecule has 0 bridgehead atoms. The van der Waals surface area contributed by atoms with Gasteiger partial charge in [0.25, 0.3) is 11.6 Å². The summed E-state index contributed by atoms with van der Waals surface area (Å²) in [4.78, 5) is 36.4. The molecule has 16 heteroatoms. The number of aliphatic hydroxyl groups excluding tert-OH is 1. The Labute approximate surface area is 211 Å². The van der Waals surface area contributed by atoms with Gasteiger partial charge in [0.05, 0.1) is 47.4 Å². The molecule has 3 rings (SSSR count). The van der Waals surface area contributed by atoms with Crippen molar-refractivity contribution in [2.75, 3.05) is 56.5 Å². The van der Waals surface area contributed by atoms with Crippen molar-refractivity contribution < 1.29 is 51.6 Å². The summed E-state index contributed by atoms with van der Waals surface area (Å²) in [6.45, 7) is 3.25. The number of quaternary nitrogens is 1. The van der Waals surface area contributed by atoms with Gasteiger partial charge in [-0.1, -0.05) is 0 Å². The SMILES string of the molecule is O=C([O-])C(F)(F)F.O=C(c1cc(S(=O)(=O)CCCO)c(N2CCCCC2)cc1[N+](=O)[O-])N1CC[NH2+]CC1. The number of nitrogens with two attached hydrogens (primary N) is 1. The summed E-state index contributed by atoms with van der Waals surface area (Å²) in [5, 5.41) is 31.7. The number of carboxylic acids is 1. The van der Waals surface area contributed by atoms with Crippen LogP contribution in [0.15, 0.2) is 17.0 Å². The Balaban J connectivity index is 0.000000604. The van der Waals surface area contributed by atoms with Gasteiger partial charge in [0, 0.05) is 25.8 Å². The standard InChI is InChI=1S/C19H28N4O6S.C2HF3O2/c24-11-4-12-30(28,29)18-13-15(19(25)22-9-5-20-6-10-22)16(23(26)27)14-17(18)21-7-2-1-3-8-21;3-2(4,5)1(6)7/h13-14,20,24H,1-12H2;(H,6,7). The first-order chi connectivity index (χ1) is 17.3. The van der Waals surface area contributed by atoms with Gasteiger partial charge in [-0.15, -0.1) is 0 Å². The van der Waals surface area contributed by atoms with Gasteiger partial charge in [-0.2, -0.15) is 13.2 Å². The molecule has 0 aromatic heterocycles. The third-order valence-electron chi connectivity index (χ3n) is 5.83. The van der Waals surface area contributed by atoms with E-state index >= 15 is 0 Å². The number of sulfone groups is 1. The molecule has 2 heterocycles. The molecule has 0 atom stereocenters. The highest BCUT2D eigenvalue weighted by molar-refractivity contribution is 7.91. The zero-order valence-electron chi connectivity index (χ0n) is 19.9. The number of hydrogen-bond donors (Lipinski definition) is 2. The molecule has 1 aromatic carbocycles. The lowest BCUT2D eigenvalue weighted by Crippen LogP contribution is -2.89. The Morgan fingerprint density at radius 2 is 1.65 bits per heavy atom. The highest BCUT2D eigenvalue weighted by atomic mass is 32.2. The summed E-state index contributed by atoms with van der Waals surface area (Å²) >= 11 is 0. The fourth-order valence-electron chi connectivity index (χ4n) is 4.00. The second-order valence-electron chi connectivity index (χ2n) is 8.48. The van der Waals surface area contributed by atoms with Gasteiger partial charge >= 0.3 is 6.18 Å². The van der Waals surface area contributed by atoms with Crippen LogP contribution < -0.4 is 15.3 Å². The fourth-order valence-corrected chi connectivity index (χ4v) is 5.53. The maximum atomic E-state index is 13.1. The van der Waals surface area contributed by atoms with Crippen molar-refractivity contribution in [1.29, 1.82) is 0 Å². The smallest absolute Gasteiger partial charge is 0.430 e. The van der Waals surface area contributed by atoms with E-state index in [2.05, 4.69) is 5.32 Å². The summed E-state index contributed by atoms with van der Waals surface area (Å²) in [5.74, 6) is -3.81. The van der Waals surface area contributed by atoms with Crippen molar-refractivity contribution in [3.63, 3.8) is 0 Å². The lowest BCUT2D eigenvalue weighted by atomic mass is 10.1. The van der Waals surface area contributed by atoms with Crippen LogP contribution in [0.25, 0.3) is 0 Å². The van der Waals surface area contributed by atoms with Gasteiger partial charge < -0.3 is 30.1 Å². The van der Waals surface area contributed by atoms with Gasteiger partial charge in [0.15, 0.2) is 9.84 Å². The minimum atomic E-state index is -5.19. The van der Waals surface area contributed by atoms with Gasteiger partial charge in [0.2, 0.25) is 0 Å². The molecule has 0 saturated carbocycles. The summed E-state index contributed by atoms with van der Waals surface area (Å²) in [6.07, 6.45) is -2.37. The number of alkyl halides is 3. The molecule has 1 amide bonds. The number of anilines is 1. The Morgan fingerprint density at radius 1 is 1.08 bits per heavy atom. The monoisotopic (exact) mass is 554 g/mol. The second-order valence-corrected chi connectivity index (χ2v) is 10.6. The van der Waals surface area contributed by atoms with E-state index in [0.717, 1.165) is 19.3 Å². The molecule has 208 valence electrons. The number of hydrogen-bond acceptors (Lipinski definition) is 9. The number of nitro benzene ring substituents is 1. The first kappa shape index (κ1) is 30.2. The zero-order chi connectivity index (χ0) is 27.8. The van der Waals surface area contributed by atoms with Crippen molar-refractivity contribution in [2.45, 2.75) is 36.8 Å². The van der Waals surface area contributed by atoms with Gasteiger partial charge in [-0.05, 0) is 31.7 Å². The maximum absolute atomic E-state index is 13.1. The van der Waals surface area contributed by atoms with Gasteiger partial charge in [0.1, 0.15) is 11.5 Å². The summed E-state index contributed by atoms with van der Waals surface area (Å²) in [7, 11) is -3.83. The second kappa shape index (κ2) is 13.0. The molecule has 2 fully saturated rings. The molecule has 0 spiro atoms. The number of carbonyl (C=O) groups is 2. The minimum absolute atomic E-state index is 0.0595. The number of aliphatic carboxylic acids is 1. The Hall–Kier alpha value is -2.98. The summed E-state index contributed by atoms with van der Waals surface area (Å²) in [6, 6.07) is 2.44. The van der Waals surface area contributed by atoms with Crippen LogP contribution in [0.3, 0.4) is 0 Å². The van der Waals surface area contributed by atoms with Crippen molar-refractivity contribution in [3.8, 4) is 0 Å². The number of aliphatic hydroxyl groups is 1. The average Bonchev–Trinajstić information content (AvgIpc) is 2.87. The van der Waals surface area contributed by atoms with Crippen LogP contribution in [-0.4, -0.2) is 93.0 Å². The number of carboxylic acid groups (broad SMARTS) is 1. The summed E-state index contributed by atoms with van der Waals surface area (Å²) < 4.78 is 57.6. The number of amides is 1. The predicted octanol–water partition coefficient (Wildman–Crippen LogP) is -0.941. The van der Waals surface area contributed by atoms with E-state index < -0.39 is 32.8 Å². The molecule has 2 aliphatic heterocycles. The van der Waals surface area contributed by atoms with Crippen LogP contribution in [0.5, 0.6) is 0 Å². The number of carbonyl (C=O) groups excluding carboxylic acids is 2. The molecular formula is C21H29F3N4O8S. The Kier molecular flexibility index (Phi) is 10.6. The van der Waals surface area contributed by atoms with Crippen molar-refractivity contribution in [1.82, 2.24) is 4.90 Å². The third kappa shape index (κ3) is 8.26. The van der Waals surface area contributed by atoms with Crippen LogP contribution in [0, 0.1) is 10.1 Å². The van der Waals surface area contributed by atoms with Crippen molar-refractivity contribution >= 4 is 33.1 Å². The lowest BCUT2D eigenvalue weighted by Gasteiger charge is -2.31. The van der Waals surface area contributed by atoms with E-state index in [9.17, 15) is 36.5 Å². The van der Waals surface area contributed by atoms with Gasteiger partial charge in [-0.3, -0.25) is 14.9 Å². The molecule has 0 unspecified atom stereocenters. The Morgan fingerprint density at radius 3 is 2.14 bits per heavy atom. The van der Waals surface area contributed by atoms with Gasteiger partial charge in [-0.25, -0.2) is 8.42 Å². The van der Waals surface area contributed by atoms with E-state index in [0.29, 0.717) is 39.3 Å². The number of rotatable bonds is 7. The number of benzene rings is 1. The minimum Gasteiger partial charge on any atom is -0.542 e. The maximum Gasteiger partial charge on any atom is 0.430 e. The fraction of sp³-hybridized carbons (Fsp3) is 0.619. The molecule has 37 heavy (non-hydrogen) atoms. The lowest BCUT2D eigenvalue weighted by molar-refractivity contribution is -0.661. The molecular weight excluding hydrogens is 525 g/mol. The third-order valence-corrected chi connectivity index (χ3v) is 7.66. The van der Waals surface area contributed by atoms with Crippen LogP contribution >= 0.6 is 0 Å². The van der Waals surface area contributed by atoms with E-state index in [1.807, 2.05) is 4.90 Å². The molecule has 0 radical (unpaired) electrons. The quantitative estimate of drug-likeness (QED) is 0.318. The van der Waals surface area contributed by atoms with E-state index in [4.69, 9.17) is 15.0 Å². The normalized spacial score (nSPS) is 16.5. The number of piperazine rings is 1. The number of nitrogens with zero attached hydrogens (tertiary/aromatic N) is 3. The molecule has 1 aromatic rings. The zero-order valence-corrected chi connectivity index (χ0v) is 20.7. The van der Waals surface area contributed by atoms with E-state index in [-0.39, 0.29) is 40.6 Å². The average molecular weight is 555 g/mol. The Bertz CT molecular complexity index is 1090. The molecule has 2 aliphatic rings. The first-order valence-corrected chi connectivity index (χ1v) is 13.2. The molecule has 0 aliphatic carbocycles. The van der Waals surface area contributed by atoms with Crippen molar-refractivity contribution in [2.24, 2.45) is 0 Å². The predicted molar refractivity (Wildman–Crippen MR) is 122 cm³/mol. The molecule has 2 saturated heterocycles. The van der Waals surface area contributed by atoms with E-state index in [1.54, 1.807) is 0 Å². The van der Waals surface area contributed by atoms with Crippen molar-refractivity contribution in [3.05, 3.63) is 27.8 Å². The molecule has 12 nitrogen and oxygen atoms in total. The van der Waals surface area contributed by atoms with Crippen LogP contribution in [0.2, 0.25) is 0 Å². The molecule has 3 N–H and O–H groups in total. The largest absolute Gasteiger partial charge is 0.542 e. The highest BCUT2D eigenvalue weighted by Gasteiger charge is 2.33. The van der Waals surface area contributed by atoms with Crippen LogP contribution in [0.4, 0.5) is 24.5 Å². The first-order valence-electron chi connectivity index (χ1n) is 11.6.